The first-order valence-corrected chi connectivity index (χ1v) is 9.62. The Labute approximate surface area is 162 Å². The normalized spacial score (nSPS) is 12.0. The zero-order chi connectivity index (χ0) is 18.9. The smallest absolute Gasteiger partial charge is 0.275 e. The average Bonchev–Trinajstić information content (AvgIpc) is 3.37. The summed E-state index contributed by atoms with van der Waals surface area (Å²) in [5, 5.41) is 13.1. The van der Waals surface area contributed by atoms with Crippen LogP contribution in [0.3, 0.4) is 0 Å². The zero-order valence-corrected chi connectivity index (χ0v) is 16.0. The van der Waals surface area contributed by atoms with Crippen molar-refractivity contribution in [3.63, 3.8) is 0 Å². The molecule has 1 amide bonds. The maximum atomic E-state index is 12.3. The predicted octanol–water partition coefficient (Wildman–Crippen LogP) is 1.15. The summed E-state index contributed by atoms with van der Waals surface area (Å²) in [6.45, 7) is 2.52. The third-order valence-corrected chi connectivity index (χ3v) is 4.86. The van der Waals surface area contributed by atoms with E-state index in [1.165, 1.54) is 0 Å². The Morgan fingerprint density at radius 2 is 2.07 bits per heavy atom. The lowest BCUT2D eigenvalue weighted by Gasteiger charge is -2.17. The van der Waals surface area contributed by atoms with Crippen LogP contribution in [0.5, 0.6) is 0 Å². The minimum Gasteiger partial charge on any atom is -0.414 e. The van der Waals surface area contributed by atoms with Gasteiger partial charge in [-0.15, -0.1) is 21.5 Å². The molecule has 1 unspecified atom stereocenters. The number of rotatable bonds is 10. The number of carbonyl (C=O) groups excluding carboxylic acids is 1. The number of thiophene rings is 1. The van der Waals surface area contributed by atoms with Crippen LogP contribution < -0.4 is 10.2 Å². The van der Waals surface area contributed by atoms with Gasteiger partial charge in [-0.2, -0.15) is 0 Å². The fourth-order valence-corrected chi connectivity index (χ4v) is 3.25. The number of aromatic nitrogens is 2. The van der Waals surface area contributed by atoms with E-state index in [-0.39, 0.29) is 5.91 Å². The summed E-state index contributed by atoms with van der Waals surface area (Å²) < 4.78 is 10.9. The first-order valence-electron chi connectivity index (χ1n) is 8.74. The Morgan fingerprint density at radius 3 is 2.81 bits per heavy atom. The molecule has 0 spiro atoms. The van der Waals surface area contributed by atoms with Gasteiger partial charge in [0.05, 0.1) is 11.5 Å². The van der Waals surface area contributed by atoms with Gasteiger partial charge in [-0.05, 0) is 17.0 Å². The second-order valence-corrected chi connectivity index (χ2v) is 7.03. The van der Waals surface area contributed by atoms with E-state index in [0.717, 1.165) is 15.3 Å². The topological polar surface area (TPSA) is 81.7 Å². The molecule has 3 aromatic rings. The van der Waals surface area contributed by atoms with Crippen LogP contribution in [0.4, 0.5) is 0 Å². The molecule has 27 heavy (non-hydrogen) atoms. The molecule has 0 saturated carbocycles. The molecule has 0 fully saturated rings. The van der Waals surface area contributed by atoms with Crippen LogP contribution in [0.2, 0.25) is 0 Å². The largest absolute Gasteiger partial charge is 0.414 e. The van der Waals surface area contributed by atoms with Gasteiger partial charge >= 0.3 is 0 Å². The van der Waals surface area contributed by atoms with E-state index in [1.807, 2.05) is 47.8 Å². The lowest BCUT2D eigenvalue weighted by Crippen LogP contribution is -3.12. The van der Waals surface area contributed by atoms with Gasteiger partial charge < -0.3 is 19.4 Å². The van der Waals surface area contributed by atoms with Gasteiger partial charge in [-0.25, -0.2) is 0 Å². The van der Waals surface area contributed by atoms with Crippen molar-refractivity contribution in [1.29, 1.82) is 0 Å². The van der Waals surface area contributed by atoms with Gasteiger partial charge in [-0.3, -0.25) is 4.79 Å². The third-order valence-electron chi connectivity index (χ3n) is 4.00. The molecule has 0 saturated heterocycles. The first kappa shape index (κ1) is 19.2. The summed E-state index contributed by atoms with van der Waals surface area (Å²) in [6.07, 6.45) is 0. The Hall–Kier alpha value is -2.55. The molecule has 2 aromatic heterocycles. The number of hydrogen-bond acceptors (Lipinski definition) is 6. The van der Waals surface area contributed by atoms with Gasteiger partial charge in [0, 0.05) is 13.7 Å². The van der Waals surface area contributed by atoms with Crippen LogP contribution in [-0.2, 0) is 22.6 Å². The highest BCUT2D eigenvalue weighted by Gasteiger charge is 2.19. The third kappa shape index (κ3) is 5.99. The monoisotopic (exact) mass is 387 g/mol. The highest BCUT2D eigenvalue weighted by Crippen LogP contribution is 2.22. The Bertz CT molecular complexity index is 821. The van der Waals surface area contributed by atoms with E-state index in [4.69, 9.17) is 9.15 Å². The van der Waals surface area contributed by atoms with Crippen molar-refractivity contribution >= 4 is 17.2 Å². The van der Waals surface area contributed by atoms with Crippen molar-refractivity contribution in [1.82, 2.24) is 15.5 Å². The number of nitrogens with zero attached hydrogens (tertiary/aromatic N) is 2. The lowest BCUT2D eigenvalue weighted by molar-refractivity contribution is -0.907. The molecule has 7 nitrogen and oxygen atoms in total. The lowest BCUT2D eigenvalue weighted by atomic mass is 10.2. The van der Waals surface area contributed by atoms with Crippen molar-refractivity contribution < 1.29 is 18.8 Å². The number of nitrogens with one attached hydrogen (secondary N) is 2. The van der Waals surface area contributed by atoms with Crippen molar-refractivity contribution in [2.24, 2.45) is 0 Å². The molecule has 2 N–H and O–H groups in total. The Kier molecular flexibility index (Phi) is 7.09. The first-order chi connectivity index (χ1) is 13.2. The molecule has 0 aliphatic carbocycles. The molecule has 0 aliphatic rings. The second kappa shape index (κ2) is 9.96. The number of amides is 1. The van der Waals surface area contributed by atoms with Gasteiger partial charge in [0.25, 0.3) is 17.7 Å². The molecule has 2 heterocycles. The molecular weight excluding hydrogens is 364 g/mol. The van der Waals surface area contributed by atoms with Crippen LogP contribution in [-0.4, -0.2) is 42.9 Å². The number of ether oxygens (including phenoxy) is 1. The number of hydrogen-bond donors (Lipinski definition) is 2. The average molecular weight is 387 g/mol. The fraction of sp³-hybridized carbons (Fsp3) is 0.316. The maximum absolute atomic E-state index is 12.3. The minimum absolute atomic E-state index is 0.0250. The summed E-state index contributed by atoms with van der Waals surface area (Å²) in [4.78, 5) is 14.3. The highest BCUT2D eigenvalue weighted by atomic mass is 32.1. The van der Waals surface area contributed by atoms with Crippen LogP contribution in [0.1, 0.15) is 11.5 Å². The van der Waals surface area contributed by atoms with Crippen LogP contribution >= 0.6 is 11.3 Å². The van der Waals surface area contributed by atoms with Gasteiger partial charge in [-0.1, -0.05) is 36.4 Å². The van der Waals surface area contributed by atoms with E-state index < -0.39 is 0 Å². The van der Waals surface area contributed by atoms with E-state index in [1.54, 1.807) is 18.4 Å². The van der Waals surface area contributed by atoms with E-state index >= 15 is 0 Å². The molecule has 0 aliphatic heterocycles. The summed E-state index contributed by atoms with van der Waals surface area (Å²) in [5.74, 6) is 1.00. The summed E-state index contributed by atoms with van der Waals surface area (Å²) in [5.41, 5.74) is 1.07. The maximum Gasteiger partial charge on any atom is 0.275 e. The van der Waals surface area contributed by atoms with Crippen LogP contribution in [0.15, 0.2) is 52.3 Å². The molecule has 142 valence electrons. The SMILES string of the molecule is COCC[NH+](CC(=O)NCc1ccccc1)Cc1nnc(-c2cccs2)o1. The van der Waals surface area contributed by atoms with E-state index in [2.05, 4.69) is 15.5 Å². The van der Waals surface area contributed by atoms with E-state index in [0.29, 0.717) is 44.6 Å². The quantitative estimate of drug-likeness (QED) is 0.545. The number of quaternary nitrogens is 1. The molecular formula is C19H23N4O3S+. The summed E-state index contributed by atoms with van der Waals surface area (Å²) >= 11 is 1.55. The Balaban J connectivity index is 1.55. The molecule has 8 heteroatoms. The van der Waals surface area contributed by atoms with Crippen molar-refractivity contribution in [3.05, 3.63) is 59.3 Å². The van der Waals surface area contributed by atoms with Crippen LogP contribution in [0, 0.1) is 0 Å². The standard InChI is InChI=1S/C19H22N4O3S/c1-25-10-9-23(13-17(24)20-12-15-6-3-2-4-7-15)14-18-21-22-19(26-18)16-8-5-11-27-16/h2-8,11H,9-10,12-14H2,1H3,(H,20,24)/p+1. The van der Waals surface area contributed by atoms with Crippen LogP contribution in [0.25, 0.3) is 10.8 Å². The van der Waals surface area contributed by atoms with Gasteiger partial charge in [0.1, 0.15) is 6.54 Å². The zero-order valence-electron chi connectivity index (χ0n) is 15.2. The molecule has 3 rings (SSSR count). The number of benzene rings is 1. The number of carbonyl (C=O) groups is 1. The minimum atomic E-state index is -0.0250. The second-order valence-electron chi connectivity index (χ2n) is 6.09. The molecule has 0 radical (unpaired) electrons. The summed E-state index contributed by atoms with van der Waals surface area (Å²) in [6, 6.07) is 13.7. The molecule has 1 aromatic carbocycles. The molecule has 0 bridgehead atoms. The predicted molar refractivity (Wildman–Crippen MR) is 102 cm³/mol. The van der Waals surface area contributed by atoms with Crippen molar-refractivity contribution in [2.45, 2.75) is 13.1 Å². The van der Waals surface area contributed by atoms with Gasteiger partial charge in [0.2, 0.25) is 0 Å². The molecule has 1 atom stereocenters. The Morgan fingerprint density at radius 1 is 1.22 bits per heavy atom. The highest BCUT2D eigenvalue weighted by molar-refractivity contribution is 7.13. The van der Waals surface area contributed by atoms with Gasteiger partial charge in [0.15, 0.2) is 13.1 Å². The van der Waals surface area contributed by atoms with Crippen molar-refractivity contribution in [3.8, 4) is 10.8 Å². The van der Waals surface area contributed by atoms with Crippen molar-refractivity contribution in [2.75, 3.05) is 26.8 Å². The number of methoxy groups -OCH3 is 1. The fourth-order valence-electron chi connectivity index (χ4n) is 2.61. The van der Waals surface area contributed by atoms with E-state index in [9.17, 15) is 4.79 Å². The summed E-state index contributed by atoms with van der Waals surface area (Å²) in [7, 11) is 1.65.